The van der Waals surface area contributed by atoms with E-state index < -0.39 is 0 Å². The Labute approximate surface area is 90.3 Å². The molecule has 1 saturated heterocycles. The smallest absolute Gasteiger partial charge is 0.101 e. The molecule has 0 saturated carbocycles. The van der Waals surface area contributed by atoms with Gasteiger partial charge in [-0.2, -0.15) is 5.26 Å². The molecule has 1 aromatic rings. The van der Waals surface area contributed by atoms with Crippen LogP contribution >= 0.6 is 0 Å². The third kappa shape index (κ3) is 2.28. The maximum Gasteiger partial charge on any atom is 0.101 e. The summed E-state index contributed by atoms with van der Waals surface area (Å²) in [6.45, 7) is 1.98. The van der Waals surface area contributed by atoms with Gasteiger partial charge in [-0.3, -0.25) is 0 Å². The van der Waals surface area contributed by atoms with Crippen LogP contribution in [-0.2, 0) is 0 Å². The Morgan fingerprint density at radius 3 is 2.93 bits per heavy atom. The number of hydrazine groups is 1. The van der Waals surface area contributed by atoms with Gasteiger partial charge in [-0.05, 0) is 25.0 Å². The van der Waals surface area contributed by atoms with Gasteiger partial charge in [-0.1, -0.05) is 18.6 Å². The molecule has 0 amide bonds. The molecule has 1 N–H and O–H groups in total. The van der Waals surface area contributed by atoms with Crippen molar-refractivity contribution >= 4 is 5.69 Å². The number of nitriles is 1. The number of anilines is 1. The Morgan fingerprint density at radius 2 is 2.07 bits per heavy atom. The molecular formula is C12H15N3. The van der Waals surface area contributed by atoms with Crippen molar-refractivity contribution in [1.29, 1.82) is 5.26 Å². The molecule has 1 aromatic carbocycles. The van der Waals surface area contributed by atoms with Gasteiger partial charge in [0, 0.05) is 13.1 Å². The average Bonchev–Trinajstić information content (AvgIpc) is 2.57. The van der Waals surface area contributed by atoms with Crippen LogP contribution in [0.25, 0.3) is 0 Å². The lowest BCUT2D eigenvalue weighted by Gasteiger charge is -2.24. The van der Waals surface area contributed by atoms with Crippen LogP contribution in [0.3, 0.4) is 0 Å². The summed E-state index contributed by atoms with van der Waals surface area (Å²) in [6.07, 6.45) is 3.66. The van der Waals surface area contributed by atoms with Crippen molar-refractivity contribution in [2.24, 2.45) is 0 Å². The molecule has 0 spiro atoms. The number of rotatable bonds is 1. The quantitative estimate of drug-likeness (QED) is 0.755. The van der Waals surface area contributed by atoms with E-state index in [4.69, 9.17) is 5.26 Å². The number of benzene rings is 1. The van der Waals surface area contributed by atoms with Gasteiger partial charge in [-0.25, -0.2) is 5.43 Å². The predicted molar refractivity (Wildman–Crippen MR) is 60.4 cm³/mol. The van der Waals surface area contributed by atoms with Crippen LogP contribution < -0.4 is 10.4 Å². The van der Waals surface area contributed by atoms with Crippen molar-refractivity contribution in [1.82, 2.24) is 5.43 Å². The van der Waals surface area contributed by atoms with E-state index in [0.717, 1.165) is 24.3 Å². The second-order valence-corrected chi connectivity index (χ2v) is 3.75. The van der Waals surface area contributed by atoms with Crippen LogP contribution in [0.2, 0.25) is 0 Å². The van der Waals surface area contributed by atoms with E-state index in [1.165, 1.54) is 19.3 Å². The first-order valence-corrected chi connectivity index (χ1v) is 5.42. The van der Waals surface area contributed by atoms with Crippen LogP contribution in [0, 0.1) is 11.3 Å². The highest BCUT2D eigenvalue weighted by atomic mass is 15.5. The number of hydrogen-bond acceptors (Lipinski definition) is 3. The van der Waals surface area contributed by atoms with Crippen molar-refractivity contribution < 1.29 is 0 Å². The normalized spacial score (nSPS) is 16.9. The molecule has 0 atom stereocenters. The van der Waals surface area contributed by atoms with Gasteiger partial charge in [0.2, 0.25) is 0 Å². The Kier molecular flexibility index (Phi) is 3.21. The number of nitrogens with zero attached hydrogens (tertiary/aromatic N) is 2. The van der Waals surface area contributed by atoms with Gasteiger partial charge in [0.25, 0.3) is 0 Å². The van der Waals surface area contributed by atoms with Crippen molar-refractivity contribution in [3.8, 4) is 6.07 Å². The molecule has 3 heteroatoms. The Hall–Kier alpha value is -1.53. The van der Waals surface area contributed by atoms with Crippen LogP contribution in [0.1, 0.15) is 24.8 Å². The molecule has 0 radical (unpaired) electrons. The summed E-state index contributed by atoms with van der Waals surface area (Å²) < 4.78 is 0. The maximum absolute atomic E-state index is 9.01. The number of para-hydroxylation sites is 1. The van der Waals surface area contributed by atoms with E-state index in [0.29, 0.717) is 0 Å². The molecular weight excluding hydrogens is 186 g/mol. The van der Waals surface area contributed by atoms with Gasteiger partial charge in [0.15, 0.2) is 0 Å². The molecule has 1 fully saturated rings. The maximum atomic E-state index is 9.01. The third-order valence-corrected chi connectivity index (χ3v) is 2.68. The lowest BCUT2D eigenvalue weighted by atomic mass is 10.2. The summed E-state index contributed by atoms with van der Waals surface area (Å²) in [5.74, 6) is 0. The minimum Gasteiger partial charge on any atom is -0.307 e. The van der Waals surface area contributed by atoms with Gasteiger partial charge in [0.1, 0.15) is 6.07 Å². The van der Waals surface area contributed by atoms with Gasteiger partial charge in [0.05, 0.1) is 11.3 Å². The van der Waals surface area contributed by atoms with Crippen molar-refractivity contribution in [3.05, 3.63) is 29.8 Å². The van der Waals surface area contributed by atoms with Crippen LogP contribution in [0.15, 0.2) is 24.3 Å². The fourth-order valence-corrected chi connectivity index (χ4v) is 1.87. The number of hydrogen-bond donors (Lipinski definition) is 1. The van der Waals surface area contributed by atoms with E-state index in [-0.39, 0.29) is 0 Å². The zero-order valence-electron chi connectivity index (χ0n) is 8.74. The van der Waals surface area contributed by atoms with E-state index >= 15 is 0 Å². The molecule has 1 aliphatic rings. The number of nitrogens with one attached hydrogen (secondary N) is 1. The zero-order chi connectivity index (χ0) is 10.5. The SMILES string of the molecule is N#Cc1ccccc1N1CCCCCN1. The fourth-order valence-electron chi connectivity index (χ4n) is 1.87. The standard InChI is InChI=1S/C12H15N3/c13-10-11-6-2-3-7-12(11)15-9-5-1-4-8-14-15/h2-3,6-7,14H,1,4-5,8-9H2. The Balaban J connectivity index is 2.23. The largest absolute Gasteiger partial charge is 0.307 e. The molecule has 3 nitrogen and oxygen atoms in total. The molecule has 0 aromatic heterocycles. The molecule has 0 aliphatic carbocycles. The van der Waals surface area contributed by atoms with E-state index in [1.54, 1.807) is 0 Å². The summed E-state index contributed by atoms with van der Waals surface area (Å²) >= 11 is 0. The zero-order valence-corrected chi connectivity index (χ0v) is 8.74. The van der Waals surface area contributed by atoms with Crippen LogP contribution in [0.4, 0.5) is 5.69 Å². The highest BCUT2D eigenvalue weighted by Crippen LogP contribution is 2.19. The second kappa shape index (κ2) is 4.81. The second-order valence-electron chi connectivity index (χ2n) is 3.75. The first-order chi connectivity index (χ1) is 7.42. The molecule has 78 valence electrons. The van der Waals surface area contributed by atoms with Crippen LogP contribution in [0.5, 0.6) is 0 Å². The van der Waals surface area contributed by atoms with Crippen LogP contribution in [-0.4, -0.2) is 13.1 Å². The molecule has 1 aliphatic heterocycles. The minimum atomic E-state index is 0.743. The summed E-state index contributed by atoms with van der Waals surface area (Å²) in [6, 6.07) is 9.97. The fraction of sp³-hybridized carbons (Fsp3) is 0.417. The topological polar surface area (TPSA) is 39.1 Å². The molecule has 0 bridgehead atoms. The van der Waals surface area contributed by atoms with Gasteiger partial charge < -0.3 is 5.01 Å². The average molecular weight is 201 g/mol. The summed E-state index contributed by atoms with van der Waals surface area (Å²) in [4.78, 5) is 0. The lowest BCUT2D eigenvalue weighted by Crippen LogP contribution is -2.38. The van der Waals surface area contributed by atoms with Crippen molar-refractivity contribution in [2.45, 2.75) is 19.3 Å². The highest BCUT2D eigenvalue weighted by Gasteiger charge is 2.12. The molecule has 15 heavy (non-hydrogen) atoms. The predicted octanol–water partition coefficient (Wildman–Crippen LogP) is 2.05. The third-order valence-electron chi connectivity index (χ3n) is 2.68. The lowest BCUT2D eigenvalue weighted by molar-refractivity contribution is 0.660. The Morgan fingerprint density at radius 1 is 1.20 bits per heavy atom. The Bertz CT molecular complexity index is 359. The van der Waals surface area contributed by atoms with Crippen molar-refractivity contribution in [3.63, 3.8) is 0 Å². The molecule has 2 rings (SSSR count). The highest BCUT2D eigenvalue weighted by molar-refractivity contribution is 5.58. The summed E-state index contributed by atoms with van der Waals surface area (Å²) in [7, 11) is 0. The van der Waals surface area contributed by atoms with Gasteiger partial charge in [-0.15, -0.1) is 0 Å². The molecule has 1 heterocycles. The minimum absolute atomic E-state index is 0.743. The molecule has 0 unspecified atom stereocenters. The monoisotopic (exact) mass is 201 g/mol. The first-order valence-electron chi connectivity index (χ1n) is 5.42. The van der Waals surface area contributed by atoms with E-state index in [9.17, 15) is 0 Å². The van der Waals surface area contributed by atoms with E-state index in [2.05, 4.69) is 16.5 Å². The first kappa shape index (κ1) is 10.0. The summed E-state index contributed by atoms with van der Waals surface area (Å²) in [5.41, 5.74) is 5.10. The van der Waals surface area contributed by atoms with Crippen molar-refractivity contribution in [2.75, 3.05) is 18.1 Å². The van der Waals surface area contributed by atoms with E-state index in [1.807, 2.05) is 24.3 Å². The van der Waals surface area contributed by atoms with Gasteiger partial charge >= 0.3 is 0 Å². The summed E-state index contributed by atoms with van der Waals surface area (Å²) in [5, 5.41) is 11.1.